The summed E-state index contributed by atoms with van der Waals surface area (Å²) in [7, 11) is -3.63. The molecule has 4 nitrogen and oxygen atoms in total. The Morgan fingerprint density at radius 2 is 0.747 bits per heavy atom. The van der Waals surface area contributed by atoms with Gasteiger partial charge in [0.15, 0.2) is 11.2 Å². The minimum atomic E-state index is -1.81. The van der Waals surface area contributed by atoms with Gasteiger partial charge in [-0.2, -0.15) is 0 Å². The molecule has 2 heterocycles. The Balaban J connectivity index is 1.19. The summed E-state index contributed by atoms with van der Waals surface area (Å²) >= 11 is 0. The maximum absolute atomic E-state index is 7.13. The summed E-state index contributed by atoms with van der Waals surface area (Å²) in [6.07, 6.45) is 0. The van der Waals surface area contributed by atoms with E-state index in [4.69, 9.17) is 8.83 Å². The van der Waals surface area contributed by atoms with Crippen molar-refractivity contribution in [2.75, 3.05) is 9.80 Å². The Hall–Kier alpha value is -8.69. The molecule has 2 aromatic heterocycles. The van der Waals surface area contributed by atoms with Gasteiger partial charge in [0.1, 0.15) is 11.2 Å². The van der Waals surface area contributed by atoms with Crippen molar-refractivity contribution in [2.24, 2.45) is 0 Å². The smallest absolute Gasteiger partial charge is 0.159 e. The van der Waals surface area contributed by atoms with E-state index in [1.54, 1.807) is 0 Å². The van der Waals surface area contributed by atoms with Crippen LogP contribution in [0.25, 0.3) is 98.4 Å². The van der Waals surface area contributed by atoms with Crippen LogP contribution < -0.4 is 20.2 Å². The van der Waals surface area contributed by atoms with E-state index in [9.17, 15) is 0 Å². The number of furan rings is 2. The third-order valence-electron chi connectivity index (χ3n) is 16.5. The van der Waals surface area contributed by atoms with Gasteiger partial charge < -0.3 is 18.6 Å². The van der Waals surface area contributed by atoms with E-state index in [0.717, 1.165) is 99.9 Å². The van der Waals surface area contributed by atoms with Gasteiger partial charge in [-0.05, 0) is 81.2 Å². The summed E-state index contributed by atoms with van der Waals surface area (Å²) in [4.78, 5) is 5.06. The third-order valence-corrected chi connectivity index (χ3v) is 20.6. The molecule has 0 bridgehead atoms. The molecule has 384 valence electrons. The van der Waals surface area contributed by atoms with E-state index in [1.165, 1.54) is 48.6 Å². The summed E-state index contributed by atoms with van der Waals surface area (Å²) in [6, 6.07) is 83.6. The number of benzene rings is 12. The first-order chi connectivity index (χ1) is 38.3. The zero-order chi connectivity index (χ0) is 53.9. The normalized spacial score (nSPS) is 12.4. The number of nitrogens with zero attached hydrogens (tertiary/aromatic N) is 2. The SMILES string of the molecule is CC(C)c1cc2ccc3c(N(c4ccc([Si](C)(C)C)cc4-c4ccccc4)c4cccc5c4oc4ccccc45)cc(N(c4ccc([Si](C)(C)C)cc4-c4ccccc4)c4cccc5c4oc4ccccc45)c4ccc(c1)c2c34. The van der Waals surface area contributed by atoms with Gasteiger partial charge >= 0.3 is 0 Å². The van der Waals surface area contributed by atoms with Gasteiger partial charge in [0.25, 0.3) is 0 Å². The van der Waals surface area contributed by atoms with Crippen LogP contribution in [0.4, 0.5) is 34.1 Å². The van der Waals surface area contributed by atoms with Gasteiger partial charge in [-0.15, -0.1) is 0 Å². The fourth-order valence-corrected chi connectivity index (χ4v) is 14.6. The quantitative estimate of drug-likeness (QED) is 0.0955. The van der Waals surface area contributed by atoms with Crippen LogP contribution in [-0.4, -0.2) is 16.1 Å². The molecule has 0 amide bonds. The number of rotatable bonds is 11. The molecule has 0 aliphatic rings. The van der Waals surface area contributed by atoms with Crippen LogP contribution in [0.5, 0.6) is 0 Å². The molecule has 14 aromatic rings. The second-order valence-electron chi connectivity index (χ2n) is 23.9. The maximum Gasteiger partial charge on any atom is 0.159 e. The predicted molar refractivity (Wildman–Crippen MR) is 345 cm³/mol. The number of fused-ring (bicyclic) bond motifs is 6. The zero-order valence-corrected chi connectivity index (χ0v) is 48.2. The van der Waals surface area contributed by atoms with Gasteiger partial charge in [0.05, 0.1) is 50.3 Å². The Morgan fingerprint density at radius 1 is 0.329 bits per heavy atom. The Morgan fingerprint density at radius 3 is 1.18 bits per heavy atom. The maximum atomic E-state index is 7.13. The first-order valence-electron chi connectivity index (χ1n) is 27.8. The molecule has 14 rings (SSSR count). The fourth-order valence-electron chi connectivity index (χ4n) is 12.3. The minimum Gasteiger partial charge on any atom is -0.454 e. The molecule has 0 saturated heterocycles. The molecule has 79 heavy (non-hydrogen) atoms. The fraction of sp³-hybridized carbons (Fsp3) is 0.123. The number of anilines is 6. The molecule has 0 aliphatic carbocycles. The molecule has 6 heteroatoms. The van der Waals surface area contributed by atoms with Gasteiger partial charge in [-0.1, -0.05) is 245 Å². The van der Waals surface area contributed by atoms with Gasteiger partial charge in [-0.3, -0.25) is 0 Å². The molecule has 0 aliphatic heterocycles. The molecule has 0 N–H and O–H groups in total. The van der Waals surface area contributed by atoms with Crippen LogP contribution in [0, 0.1) is 0 Å². The number of hydrogen-bond acceptors (Lipinski definition) is 4. The summed E-state index contributed by atoms with van der Waals surface area (Å²) in [5.41, 5.74) is 15.5. The summed E-state index contributed by atoms with van der Waals surface area (Å²) in [5.74, 6) is 0.360. The highest BCUT2D eigenvalue weighted by Crippen LogP contribution is 2.55. The molecule has 0 fully saturated rings. The van der Waals surface area contributed by atoms with Crippen LogP contribution >= 0.6 is 0 Å². The monoisotopic (exact) mass is 1050 g/mol. The molecule has 0 saturated carbocycles. The highest BCUT2D eigenvalue weighted by molar-refractivity contribution is 6.89. The molecule has 0 unspecified atom stereocenters. The van der Waals surface area contributed by atoms with Crippen LogP contribution in [-0.2, 0) is 0 Å². The molecule has 12 aromatic carbocycles. The lowest BCUT2D eigenvalue weighted by Crippen LogP contribution is -2.37. The first-order valence-corrected chi connectivity index (χ1v) is 34.8. The van der Waals surface area contributed by atoms with Crippen molar-refractivity contribution < 1.29 is 8.83 Å². The molecule has 0 radical (unpaired) electrons. The molecular weight excluding hydrogens is 993 g/mol. The Bertz CT molecular complexity index is 4390. The summed E-state index contributed by atoms with van der Waals surface area (Å²) < 4.78 is 14.3. The minimum absolute atomic E-state index is 0.360. The van der Waals surface area contributed by atoms with Crippen molar-refractivity contribution in [1.82, 2.24) is 0 Å². The zero-order valence-electron chi connectivity index (χ0n) is 46.2. The van der Waals surface area contributed by atoms with E-state index >= 15 is 0 Å². The second-order valence-corrected chi connectivity index (χ2v) is 34.0. The van der Waals surface area contributed by atoms with Crippen LogP contribution in [0.15, 0.2) is 233 Å². The van der Waals surface area contributed by atoms with Crippen molar-refractivity contribution in [3.63, 3.8) is 0 Å². The lowest BCUT2D eigenvalue weighted by atomic mass is 9.88. The van der Waals surface area contributed by atoms with Gasteiger partial charge in [0.2, 0.25) is 0 Å². The van der Waals surface area contributed by atoms with Crippen molar-refractivity contribution in [1.29, 1.82) is 0 Å². The third kappa shape index (κ3) is 8.07. The topological polar surface area (TPSA) is 32.8 Å². The molecule has 0 atom stereocenters. The van der Waals surface area contributed by atoms with E-state index in [2.05, 4.69) is 287 Å². The van der Waals surface area contributed by atoms with E-state index in [0.29, 0.717) is 5.92 Å². The highest BCUT2D eigenvalue weighted by Gasteiger charge is 2.32. The standard InChI is InChI=1S/C73H62N2O2Si2/c1-46(2)51-41-49-33-37-58-66(74(64-29-19-27-56-54-25-15-17-31-68(54)76-72(56)64)62-39-35-52(78(3,4)5)43-60(62)47-21-11-9-12-22-47)45-67(59-38-34-50(42-51)70(49)71(58)59)75(65-30-20-28-57-55-26-16-18-32-69(55)77-73(57)65)63-40-36-53(79(6,7)8)44-61(63)48-23-13-10-14-24-48/h9-46H,1-8H3. The van der Waals surface area contributed by atoms with Crippen molar-refractivity contribution in [3.05, 3.63) is 230 Å². The largest absolute Gasteiger partial charge is 0.454 e. The van der Waals surface area contributed by atoms with Crippen molar-refractivity contribution in [2.45, 2.75) is 59.0 Å². The van der Waals surface area contributed by atoms with E-state index < -0.39 is 16.1 Å². The average Bonchev–Trinajstić information content (AvgIpc) is 4.06. The Kier molecular flexibility index (Phi) is 11.4. The van der Waals surface area contributed by atoms with E-state index in [1.807, 2.05) is 0 Å². The van der Waals surface area contributed by atoms with Crippen LogP contribution in [0.3, 0.4) is 0 Å². The number of para-hydroxylation sites is 4. The lowest BCUT2D eigenvalue weighted by Gasteiger charge is -2.34. The highest BCUT2D eigenvalue weighted by atomic mass is 28.3. The van der Waals surface area contributed by atoms with Gasteiger partial charge in [0, 0.05) is 48.8 Å². The molecule has 0 spiro atoms. The van der Waals surface area contributed by atoms with Crippen LogP contribution in [0.1, 0.15) is 25.3 Å². The predicted octanol–water partition coefficient (Wildman–Crippen LogP) is 20.9. The number of hydrogen-bond donors (Lipinski definition) is 0. The first kappa shape index (κ1) is 48.7. The average molecular weight is 1060 g/mol. The lowest BCUT2D eigenvalue weighted by molar-refractivity contribution is 0.669. The van der Waals surface area contributed by atoms with Crippen LogP contribution in [0.2, 0.25) is 39.3 Å². The summed E-state index contributed by atoms with van der Waals surface area (Å²) in [5, 5.41) is 14.3. The summed E-state index contributed by atoms with van der Waals surface area (Å²) in [6.45, 7) is 19.3. The molecular formula is C73H62N2O2Si2. The second kappa shape index (κ2) is 18.5. The Labute approximate surface area is 464 Å². The van der Waals surface area contributed by atoms with Crippen molar-refractivity contribution >= 4 is 137 Å². The van der Waals surface area contributed by atoms with Gasteiger partial charge in [-0.25, -0.2) is 0 Å². The van der Waals surface area contributed by atoms with E-state index in [-0.39, 0.29) is 0 Å². The van der Waals surface area contributed by atoms with Crippen molar-refractivity contribution in [3.8, 4) is 22.3 Å².